The van der Waals surface area contributed by atoms with E-state index in [2.05, 4.69) is 29.4 Å². The smallest absolute Gasteiger partial charge is 0.00915 e. The normalized spacial score (nSPS) is 28.8. The molecule has 3 heteroatoms. The van der Waals surface area contributed by atoms with E-state index < -0.39 is 0 Å². The van der Waals surface area contributed by atoms with Crippen LogP contribution in [0.1, 0.15) is 39.5 Å². The molecule has 1 atom stereocenters. The van der Waals surface area contributed by atoms with Crippen LogP contribution < -0.4 is 10.6 Å². The van der Waals surface area contributed by atoms with Crippen molar-refractivity contribution in [2.75, 3.05) is 32.7 Å². The minimum absolute atomic E-state index is 0.721. The molecule has 0 radical (unpaired) electrons. The molecule has 0 bridgehead atoms. The Labute approximate surface area is 106 Å². The average molecular weight is 239 g/mol. The summed E-state index contributed by atoms with van der Waals surface area (Å²) in [5.74, 6) is 0.867. The van der Waals surface area contributed by atoms with Gasteiger partial charge in [0.25, 0.3) is 0 Å². The van der Waals surface area contributed by atoms with E-state index in [-0.39, 0.29) is 0 Å². The van der Waals surface area contributed by atoms with Gasteiger partial charge in [0.1, 0.15) is 0 Å². The highest BCUT2D eigenvalue weighted by atomic mass is 15.2. The zero-order valence-electron chi connectivity index (χ0n) is 11.5. The van der Waals surface area contributed by atoms with E-state index in [0.717, 1.165) is 18.0 Å². The molecule has 2 aliphatic heterocycles. The maximum absolute atomic E-state index is 3.78. The highest BCUT2D eigenvalue weighted by molar-refractivity contribution is 4.80. The molecule has 17 heavy (non-hydrogen) atoms. The Morgan fingerprint density at radius 3 is 2.59 bits per heavy atom. The molecule has 2 rings (SSSR count). The zero-order chi connectivity index (χ0) is 12.1. The van der Waals surface area contributed by atoms with Gasteiger partial charge in [0.2, 0.25) is 0 Å². The summed E-state index contributed by atoms with van der Waals surface area (Å²) in [6.45, 7) is 10.8. The lowest BCUT2D eigenvalue weighted by atomic mass is 9.98. The van der Waals surface area contributed by atoms with Crippen LogP contribution in [0.25, 0.3) is 0 Å². The molecule has 0 amide bonds. The quantitative estimate of drug-likeness (QED) is 0.777. The van der Waals surface area contributed by atoms with Crippen LogP contribution in [0, 0.1) is 5.92 Å². The number of likely N-dealkylation sites (tertiary alicyclic amines) is 1. The number of rotatable bonds is 4. The van der Waals surface area contributed by atoms with Gasteiger partial charge in [-0.3, -0.25) is 0 Å². The van der Waals surface area contributed by atoms with Crippen LogP contribution >= 0.6 is 0 Å². The molecule has 0 saturated carbocycles. The van der Waals surface area contributed by atoms with Gasteiger partial charge in [-0.2, -0.15) is 0 Å². The second kappa shape index (κ2) is 6.72. The molecule has 1 unspecified atom stereocenters. The summed E-state index contributed by atoms with van der Waals surface area (Å²) < 4.78 is 0. The fourth-order valence-electron chi connectivity index (χ4n) is 3.05. The SMILES string of the molecule is CC(C)N1CCC(NCC2CCCNC2)CC1. The van der Waals surface area contributed by atoms with Crippen molar-refractivity contribution < 1.29 is 0 Å². The molecule has 0 spiro atoms. The average Bonchev–Trinajstić information content (AvgIpc) is 2.38. The maximum Gasteiger partial charge on any atom is 0.00915 e. The molecule has 0 aromatic heterocycles. The van der Waals surface area contributed by atoms with Crippen LogP contribution in [-0.4, -0.2) is 49.7 Å². The van der Waals surface area contributed by atoms with E-state index in [0.29, 0.717) is 0 Å². The lowest BCUT2D eigenvalue weighted by molar-refractivity contribution is 0.158. The summed E-state index contributed by atoms with van der Waals surface area (Å²) in [4.78, 5) is 2.60. The van der Waals surface area contributed by atoms with Crippen LogP contribution in [0.15, 0.2) is 0 Å². The Morgan fingerprint density at radius 2 is 2.00 bits per heavy atom. The van der Waals surface area contributed by atoms with E-state index in [9.17, 15) is 0 Å². The molecule has 0 aromatic rings. The Hall–Kier alpha value is -0.120. The lowest BCUT2D eigenvalue weighted by Gasteiger charge is -2.35. The van der Waals surface area contributed by atoms with E-state index in [1.165, 1.54) is 58.4 Å². The summed E-state index contributed by atoms with van der Waals surface area (Å²) in [7, 11) is 0. The Kier molecular flexibility index (Phi) is 5.26. The van der Waals surface area contributed by atoms with Crippen molar-refractivity contribution in [1.29, 1.82) is 0 Å². The van der Waals surface area contributed by atoms with Gasteiger partial charge in [0.05, 0.1) is 0 Å². The molecular formula is C14H29N3. The summed E-state index contributed by atoms with van der Waals surface area (Å²) >= 11 is 0. The van der Waals surface area contributed by atoms with Gasteiger partial charge < -0.3 is 15.5 Å². The molecule has 2 N–H and O–H groups in total. The van der Waals surface area contributed by atoms with E-state index in [1.54, 1.807) is 0 Å². The van der Waals surface area contributed by atoms with Gasteiger partial charge in [-0.05, 0) is 78.2 Å². The zero-order valence-corrected chi connectivity index (χ0v) is 11.5. The molecule has 2 fully saturated rings. The number of piperidine rings is 2. The fraction of sp³-hybridized carbons (Fsp3) is 1.00. The van der Waals surface area contributed by atoms with Gasteiger partial charge >= 0.3 is 0 Å². The van der Waals surface area contributed by atoms with Crippen molar-refractivity contribution in [1.82, 2.24) is 15.5 Å². The van der Waals surface area contributed by atoms with Gasteiger partial charge in [-0.1, -0.05) is 0 Å². The molecule has 2 aliphatic rings. The number of hydrogen-bond donors (Lipinski definition) is 2. The van der Waals surface area contributed by atoms with Crippen LogP contribution in [-0.2, 0) is 0 Å². The van der Waals surface area contributed by atoms with Crippen LogP contribution in [0.5, 0.6) is 0 Å². The Morgan fingerprint density at radius 1 is 1.24 bits per heavy atom. The minimum Gasteiger partial charge on any atom is -0.316 e. The first-order chi connectivity index (χ1) is 8.25. The molecule has 3 nitrogen and oxygen atoms in total. The van der Waals surface area contributed by atoms with Gasteiger partial charge in [0.15, 0.2) is 0 Å². The highest BCUT2D eigenvalue weighted by Gasteiger charge is 2.21. The second-order valence-corrected chi connectivity index (χ2v) is 6.02. The highest BCUT2D eigenvalue weighted by Crippen LogP contribution is 2.14. The topological polar surface area (TPSA) is 27.3 Å². The second-order valence-electron chi connectivity index (χ2n) is 6.02. The largest absolute Gasteiger partial charge is 0.316 e. The summed E-state index contributed by atoms with van der Waals surface area (Å²) in [5.41, 5.74) is 0. The van der Waals surface area contributed by atoms with Crippen molar-refractivity contribution >= 4 is 0 Å². The first-order valence-electron chi connectivity index (χ1n) is 7.44. The molecule has 2 heterocycles. The van der Waals surface area contributed by atoms with E-state index in [1.807, 2.05) is 0 Å². The number of hydrogen-bond acceptors (Lipinski definition) is 3. The lowest BCUT2D eigenvalue weighted by Crippen LogP contribution is -2.47. The van der Waals surface area contributed by atoms with Crippen LogP contribution in [0.4, 0.5) is 0 Å². The van der Waals surface area contributed by atoms with Crippen LogP contribution in [0.2, 0.25) is 0 Å². The summed E-state index contributed by atoms with van der Waals surface area (Å²) in [6.07, 6.45) is 5.43. The first kappa shape index (κ1) is 13.3. The third-order valence-corrected chi connectivity index (χ3v) is 4.35. The van der Waals surface area contributed by atoms with Crippen LogP contribution in [0.3, 0.4) is 0 Å². The Balaban J connectivity index is 1.61. The molecular weight excluding hydrogens is 210 g/mol. The van der Waals surface area contributed by atoms with E-state index >= 15 is 0 Å². The summed E-state index contributed by atoms with van der Waals surface area (Å²) in [6, 6.07) is 1.49. The van der Waals surface area contributed by atoms with Crippen molar-refractivity contribution in [2.45, 2.75) is 51.6 Å². The standard InChI is InChI=1S/C14H29N3/c1-12(2)17-8-5-14(6-9-17)16-11-13-4-3-7-15-10-13/h12-16H,3-11H2,1-2H3. The predicted molar refractivity (Wildman–Crippen MR) is 73.3 cm³/mol. The summed E-state index contributed by atoms with van der Waals surface area (Å²) in [5, 5.41) is 7.28. The molecule has 2 saturated heterocycles. The number of nitrogens with one attached hydrogen (secondary N) is 2. The molecule has 100 valence electrons. The van der Waals surface area contributed by atoms with Gasteiger partial charge in [0, 0.05) is 12.1 Å². The van der Waals surface area contributed by atoms with Crippen molar-refractivity contribution in [3.8, 4) is 0 Å². The Bertz CT molecular complexity index is 204. The van der Waals surface area contributed by atoms with Crippen molar-refractivity contribution in [2.24, 2.45) is 5.92 Å². The molecule has 0 aromatic carbocycles. The first-order valence-corrected chi connectivity index (χ1v) is 7.44. The predicted octanol–water partition coefficient (Wildman–Crippen LogP) is 1.45. The third kappa shape index (κ3) is 4.23. The monoisotopic (exact) mass is 239 g/mol. The third-order valence-electron chi connectivity index (χ3n) is 4.35. The van der Waals surface area contributed by atoms with Crippen molar-refractivity contribution in [3.05, 3.63) is 0 Å². The minimum atomic E-state index is 0.721. The fourth-order valence-corrected chi connectivity index (χ4v) is 3.05. The van der Waals surface area contributed by atoms with Gasteiger partial charge in [-0.25, -0.2) is 0 Å². The van der Waals surface area contributed by atoms with Gasteiger partial charge in [-0.15, -0.1) is 0 Å². The van der Waals surface area contributed by atoms with Crippen molar-refractivity contribution in [3.63, 3.8) is 0 Å². The number of nitrogens with zero attached hydrogens (tertiary/aromatic N) is 1. The maximum atomic E-state index is 3.78. The molecule has 0 aliphatic carbocycles. The van der Waals surface area contributed by atoms with E-state index in [4.69, 9.17) is 0 Å².